The maximum absolute atomic E-state index is 10.1. The molecule has 0 saturated heterocycles. The monoisotopic (exact) mass is 292 g/mol. The second kappa shape index (κ2) is 6.59. The number of methoxy groups -OCH3 is 1. The van der Waals surface area contributed by atoms with Crippen molar-refractivity contribution in [2.45, 2.75) is 19.5 Å². The minimum atomic E-state index is 0.114. The van der Waals surface area contributed by atoms with Gasteiger partial charge in [-0.3, -0.25) is 4.98 Å². The van der Waals surface area contributed by atoms with E-state index in [0.29, 0.717) is 22.9 Å². The molecule has 20 heavy (non-hydrogen) atoms. The van der Waals surface area contributed by atoms with E-state index < -0.39 is 0 Å². The average molecular weight is 293 g/mol. The van der Waals surface area contributed by atoms with Crippen LogP contribution in [-0.2, 0) is 6.54 Å². The molecular formula is C15H17ClN2O2. The molecule has 0 aliphatic heterocycles. The van der Waals surface area contributed by atoms with Gasteiger partial charge in [-0.15, -0.1) is 0 Å². The number of phenols is 1. The lowest BCUT2D eigenvalue weighted by Gasteiger charge is -2.15. The van der Waals surface area contributed by atoms with E-state index in [1.54, 1.807) is 18.3 Å². The molecule has 0 saturated carbocycles. The van der Waals surface area contributed by atoms with Crippen molar-refractivity contribution in [2.75, 3.05) is 7.11 Å². The zero-order valence-electron chi connectivity index (χ0n) is 11.4. The highest BCUT2D eigenvalue weighted by atomic mass is 35.5. The van der Waals surface area contributed by atoms with Gasteiger partial charge in [0.15, 0.2) is 11.5 Å². The number of aromatic hydroxyl groups is 1. The first-order valence-corrected chi connectivity index (χ1v) is 6.68. The van der Waals surface area contributed by atoms with E-state index in [1.165, 1.54) is 7.11 Å². The Labute approximate surface area is 123 Å². The number of pyridine rings is 1. The molecule has 5 heteroatoms. The molecule has 0 radical (unpaired) electrons. The van der Waals surface area contributed by atoms with Gasteiger partial charge >= 0.3 is 0 Å². The normalized spacial score (nSPS) is 12.2. The molecule has 0 spiro atoms. The topological polar surface area (TPSA) is 54.4 Å². The molecule has 4 nitrogen and oxygen atoms in total. The van der Waals surface area contributed by atoms with E-state index in [0.717, 1.165) is 5.56 Å². The number of phenolic OH excluding ortho intramolecular Hbond substituents is 1. The predicted molar refractivity (Wildman–Crippen MR) is 79.2 cm³/mol. The van der Waals surface area contributed by atoms with Gasteiger partial charge in [-0.1, -0.05) is 17.7 Å². The number of hydrogen-bond acceptors (Lipinski definition) is 4. The largest absolute Gasteiger partial charge is 0.504 e. The first kappa shape index (κ1) is 14.6. The molecule has 1 atom stereocenters. The van der Waals surface area contributed by atoms with E-state index in [9.17, 15) is 5.11 Å². The highest BCUT2D eigenvalue weighted by Gasteiger charge is 2.11. The number of benzene rings is 1. The predicted octanol–water partition coefficient (Wildman–Crippen LogP) is 3.30. The van der Waals surface area contributed by atoms with Crippen molar-refractivity contribution in [3.8, 4) is 11.5 Å². The molecule has 0 bridgehead atoms. The molecule has 0 aliphatic carbocycles. The van der Waals surface area contributed by atoms with Crippen molar-refractivity contribution in [1.82, 2.24) is 10.3 Å². The molecule has 1 heterocycles. The number of aromatic nitrogens is 1. The van der Waals surface area contributed by atoms with Crippen molar-refractivity contribution in [3.05, 3.63) is 52.8 Å². The fraction of sp³-hybridized carbons (Fsp3) is 0.267. The van der Waals surface area contributed by atoms with Gasteiger partial charge in [-0.25, -0.2) is 0 Å². The van der Waals surface area contributed by atoms with Gasteiger partial charge in [0.2, 0.25) is 0 Å². The molecule has 2 rings (SSSR count). The zero-order chi connectivity index (χ0) is 14.5. The standard InChI is InChI=1S/C15H17ClN2O2/c1-10(11-4-3-5-17-8-11)18-9-12-6-13(16)7-14(20-2)15(12)19/h3-8,10,18-19H,9H2,1-2H3/t10-/m0/s1. The van der Waals surface area contributed by atoms with Crippen LogP contribution in [0.25, 0.3) is 0 Å². The first-order valence-electron chi connectivity index (χ1n) is 6.30. The second-order valence-corrected chi connectivity index (χ2v) is 4.94. The summed E-state index contributed by atoms with van der Waals surface area (Å²) >= 11 is 6.00. The number of rotatable bonds is 5. The summed E-state index contributed by atoms with van der Waals surface area (Å²) in [7, 11) is 1.50. The number of halogens is 1. The highest BCUT2D eigenvalue weighted by molar-refractivity contribution is 6.30. The van der Waals surface area contributed by atoms with Crippen LogP contribution in [0.2, 0.25) is 5.02 Å². The lowest BCUT2D eigenvalue weighted by molar-refractivity contribution is 0.369. The second-order valence-electron chi connectivity index (χ2n) is 4.50. The molecule has 0 fully saturated rings. The molecule has 106 valence electrons. The Kier molecular flexibility index (Phi) is 4.82. The molecule has 2 aromatic rings. The summed E-state index contributed by atoms with van der Waals surface area (Å²) in [4.78, 5) is 4.09. The third-order valence-electron chi connectivity index (χ3n) is 3.12. The minimum absolute atomic E-state index is 0.114. The van der Waals surface area contributed by atoms with E-state index in [1.807, 2.05) is 25.3 Å². The summed E-state index contributed by atoms with van der Waals surface area (Å²) < 4.78 is 5.09. The van der Waals surface area contributed by atoms with Gasteiger partial charge in [0, 0.05) is 41.6 Å². The Morgan fingerprint density at radius 1 is 1.45 bits per heavy atom. The van der Waals surface area contributed by atoms with Gasteiger partial charge in [0.1, 0.15) is 0 Å². The van der Waals surface area contributed by atoms with Crippen LogP contribution < -0.4 is 10.1 Å². The molecule has 0 amide bonds. The molecule has 0 unspecified atom stereocenters. The Morgan fingerprint density at radius 2 is 2.25 bits per heavy atom. The summed E-state index contributed by atoms with van der Waals surface area (Å²) in [5, 5.41) is 13.9. The third-order valence-corrected chi connectivity index (χ3v) is 3.34. The quantitative estimate of drug-likeness (QED) is 0.888. The van der Waals surface area contributed by atoms with Crippen LogP contribution in [-0.4, -0.2) is 17.2 Å². The lowest BCUT2D eigenvalue weighted by Crippen LogP contribution is -2.18. The van der Waals surface area contributed by atoms with Crippen LogP contribution in [0.15, 0.2) is 36.7 Å². The van der Waals surface area contributed by atoms with E-state index in [4.69, 9.17) is 16.3 Å². The van der Waals surface area contributed by atoms with Gasteiger partial charge in [-0.05, 0) is 24.6 Å². The Balaban J connectivity index is 2.09. The summed E-state index contributed by atoms with van der Waals surface area (Å²) in [5.41, 5.74) is 1.78. The van der Waals surface area contributed by atoms with Crippen molar-refractivity contribution in [2.24, 2.45) is 0 Å². The number of hydrogen-bond donors (Lipinski definition) is 2. The van der Waals surface area contributed by atoms with Crippen molar-refractivity contribution < 1.29 is 9.84 Å². The van der Waals surface area contributed by atoms with E-state index in [2.05, 4.69) is 10.3 Å². The fourth-order valence-electron chi connectivity index (χ4n) is 1.93. The molecular weight excluding hydrogens is 276 g/mol. The summed E-state index contributed by atoms with van der Waals surface area (Å²) in [5.74, 6) is 0.492. The van der Waals surface area contributed by atoms with E-state index in [-0.39, 0.29) is 11.8 Å². The molecule has 2 N–H and O–H groups in total. The van der Waals surface area contributed by atoms with Crippen LogP contribution in [0.1, 0.15) is 24.1 Å². The van der Waals surface area contributed by atoms with Gasteiger partial charge in [0.25, 0.3) is 0 Å². The van der Waals surface area contributed by atoms with Crippen molar-refractivity contribution in [3.63, 3.8) is 0 Å². The van der Waals surface area contributed by atoms with Crippen LogP contribution in [0, 0.1) is 0 Å². The summed E-state index contributed by atoms with van der Waals surface area (Å²) in [6.45, 7) is 2.52. The van der Waals surface area contributed by atoms with Gasteiger partial charge in [0.05, 0.1) is 7.11 Å². The maximum atomic E-state index is 10.1. The molecule has 1 aromatic heterocycles. The zero-order valence-corrected chi connectivity index (χ0v) is 12.2. The SMILES string of the molecule is COc1cc(Cl)cc(CN[C@@H](C)c2cccnc2)c1O. The van der Waals surface area contributed by atoms with E-state index >= 15 is 0 Å². The van der Waals surface area contributed by atoms with Crippen LogP contribution in [0.5, 0.6) is 11.5 Å². The van der Waals surface area contributed by atoms with Gasteiger partial charge < -0.3 is 15.2 Å². The fourth-order valence-corrected chi connectivity index (χ4v) is 2.16. The Hall–Kier alpha value is -1.78. The van der Waals surface area contributed by atoms with Crippen LogP contribution in [0.3, 0.4) is 0 Å². The van der Waals surface area contributed by atoms with Crippen molar-refractivity contribution in [1.29, 1.82) is 0 Å². The van der Waals surface area contributed by atoms with Crippen LogP contribution in [0.4, 0.5) is 0 Å². The minimum Gasteiger partial charge on any atom is -0.504 e. The average Bonchev–Trinajstić information content (AvgIpc) is 2.48. The molecule has 1 aromatic carbocycles. The van der Waals surface area contributed by atoms with Gasteiger partial charge in [-0.2, -0.15) is 0 Å². The number of ether oxygens (including phenoxy) is 1. The first-order chi connectivity index (χ1) is 9.61. The lowest BCUT2D eigenvalue weighted by atomic mass is 10.1. The Morgan fingerprint density at radius 3 is 2.90 bits per heavy atom. The van der Waals surface area contributed by atoms with Crippen molar-refractivity contribution >= 4 is 11.6 Å². The summed E-state index contributed by atoms with van der Waals surface area (Å²) in [6.07, 6.45) is 3.56. The smallest absolute Gasteiger partial charge is 0.162 e. The molecule has 0 aliphatic rings. The number of nitrogens with zero attached hydrogens (tertiary/aromatic N) is 1. The Bertz CT molecular complexity index is 576. The summed E-state index contributed by atoms with van der Waals surface area (Å²) in [6, 6.07) is 7.33. The maximum Gasteiger partial charge on any atom is 0.162 e. The third kappa shape index (κ3) is 3.40. The van der Waals surface area contributed by atoms with Crippen LogP contribution >= 0.6 is 11.6 Å². The number of nitrogens with one attached hydrogen (secondary N) is 1. The highest BCUT2D eigenvalue weighted by Crippen LogP contribution is 2.33.